The molecular weight excluding hydrogens is 220 g/mol. The lowest BCUT2D eigenvalue weighted by molar-refractivity contribution is 0.913. The Kier molecular flexibility index (Phi) is 2.17. The van der Waals surface area contributed by atoms with Gasteiger partial charge in [0.25, 0.3) is 0 Å². The van der Waals surface area contributed by atoms with E-state index in [0.29, 0.717) is 0 Å². The molecule has 2 heteroatoms. The molecule has 0 spiro atoms. The third-order valence-electron chi connectivity index (χ3n) is 1.30. The standard InChI is InChI=1S/C5H8Br2/c6-4-1-2-5(7)3-4/h4-5H,1-3H2. The van der Waals surface area contributed by atoms with Crippen LogP contribution in [-0.2, 0) is 0 Å². The highest BCUT2D eigenvalue weighted by molar-refractivity contribution is 9.10. The van der Waals surface area contributed by atoms with E-state index in [2.05, 4.69) is 31.9 Å². The summed E-state index contributed by atoms with van der Waals surface area (Å²) in [4.78, 5) is 1.58. The lowest BCUT2D eigenvalue weighted by Crippen LogP contribution is -1.89. The first-order chi connectivity index (χ1) is 3.29. The van der Waals surface area contributed by atoms with Crippen LogP contribution in [0.3, 0.4) is 0 Å². The summed E-state index contributed by atoms with van der Waals surface area (Å²) >= 11 is 7.10. The molecule has 0 aromatic carbocycles. The zero-order valence-electron chi connectivity index (χ0n) is 4.03. The second kappa shape index (κ2) is 2.49. The molecule has 1 rings (SSSR count). The van der Waals surface area contributed by atoms with E-state index in [4.69, 9.17) is 0 Å². The van der Waals surface area contributed by atoms with Gasteiger partial charge in [-0.15, -0.1) is 0 Å². The van der Waals surface area contributed by atoms with E-state index in [1.54, 1.807) is 0 Å². The van der Waals surface area contributed by atoms with E-state index in [1.165, 1.54) is 19.3 Å². The Morgan fingerprint density at radius 3 is 1.57 bits per heavy atom. The summed E-state index contributed by atoms with van der Waals surface area (Å²) in [7, 11) is 0. The van der Waals surface area contributed by atoms with Crippen molar-refractivity contribution >= 4 is 31.9 Å². The minimum Gasteiger partial charge on any atom is -0.0890 e. The van der Waals surface area contributed by atoms with E-state index < -0.39 is 0 Å². The molecule has 0 bridgehead atoms. The summed E-state index contributed by atoms with van der Waals surface area (Å²) in [6.07, 6.45) is 3.99. The molecule has 0 N–H and O–H groups in total. The molecule has 42 valence electrons. The second-order valence-electron chi connectivity index (χ2n) is 2.01. The molecular formula is C5H8Br2. The largest absolute Gasteiger partial charge is 0.0890 e. The minimum atomic E-state index is 0.789. The van der Waals surface area contributed by atoms with Crippen LogP contribution in [-0.4, -0.2) is 9.65 Å². The molecule has 0 aliphatic heterocycles. The Morgan fingerprint density at radius 2 is 1.43 bits per heavy atom. The predicted molar refractivity (Wildman–Crippen MR) is 39.3 cm³/mol. The van der Waals surface area contributed by atoms with Crippen LogP contribution in [0.25, 0.3) is 0 Å². The smallest absolute Gasteiger partial charge is 0.0156 e. The van der Waals surface area contributed by atoms with E-state index in [9.17, 15) is 0 Å². The van der Waals surface area contributed by atoms with Crippen LogP contribution >= 0.6 is 31.9 Å². The van der Waals surface area contributed by atoms with Gasteiger partial charge in [-0.25, -0.2) is 0 Å². The molecule has 0 heterocycles. The van der Waals surface area contributed by atoms with Gasteiger partial charge in [0.05, 0.1) is 0 Å². The number of hydrogen-bond donors (Lipinski definition) is 0. The molecule has 0 amide bonds. The molecule has 0 saturated heterocycles. The van der Waals surface area contributed by atoms with Gasteiger partial charge in [-0.3, -0.25) is 0 Å². The van der Waals surface area contributed by atoms with Crippen molar-refractivity contribution in [3.05, 3.63) is 0 Å². The van der Waals surface area contributed by atoms with Gasteiger partial charge in [0, 0.05) is 9.65 Å². The summed E-state index contributed by atoms with van der Waals surface area (Å²) in [5.74, 6) is 0. The first-order valence-corrected chi connectivity index (χ1v) is 4.40. The van der Waals surface area contributed by atoms with Crippen molar-refractivity contribution in [1.29, 1.82) is 0 Å². The zero-order valence-corrected chi connectivity index (χ0v) is 7.20. The van der Waals surface area contributed by atoms with Gasteiger partial charge >= 0.3 is 0 Å². The average molecular weight is 228 g/mol. The minimum absolute atomic E-state index is 0.789. The Labute approximate surface area is 60.9 Å². The van der Waals surface area contributed by atoms with Gasteiger partial charge in [-0.05, 0) is 19.3 Å². The van der Waals surface area contributed by atoms with Crippen LogP contribution in [0, 0.1) is 0 Å². The van der Waals surface area contributed by atoms with Crippen LogP contribution in [0.4, 0.5) is 0 Å². The zero-order chi connectivity index (χ0) is 5.28. The fraction of sp³-hybridized carbons (Fsp3) is 1.00. The molecule has 0 aromatic rings. The molecule has 0 nitrogen and oxygen atoms in total. The van der Waals surface area contributed by atoms with Crippen LogP contribution in [0.1, 0.15) is 19.3 Å². The summed E-state index contributed by atoms with van der Waals surface area (Å²) < 4.78 is 0. The van der Waals surface area contributed by atoms with Crippen molar-refractivity contribution in [1.82, 2.24) is 0 Å². The third kappa shape index (κ3) is 1.73. The van der Waals surface area contributed by atoms with Crippen molar-refractivity contribution in [2.45, 2.75) is 28.9 Å². The highest BCUT2D eigenvalue weighted by Crippen LogP contribution is 2.29. The Bertz CT molecular complexity index is 55.1. The summed E-state index contributed by atoms with van der Waals surface area (Å²) in [5.41, 5.74) is 0. The van der Waals surface area contributed by atoms with Gasteiger partial charge in [0.2, 0.25) is 0 Å². The van der Waals surface area contributed by atoms with Gasteiger partial charge < -0.3 is 0 Å². The lowest BCUT2D eigenvalue weighted by atomic mass is 10.4. The van der Waals surface area contributed by atoms with Crippen LogP contribution < -0.4 is 0 Å². The highest BCUT2D eigenvalue weighted by atomic mass is 79.9. The van der Waals surface area contributed by atoms with Crippen LogP contribution in [0.5, 0.6) is 0 Å². The summed E-state index contributed by atoms with van der Waals surface area (Å²) in [6.45, 7) is 0. The van der Waals surface area contributed by atoms with Gasteiger partial charge in [0.15, 0.2) is 0 Å². The first-order valence-electron chi connectivity index (χ1n) is 2.57. The fourth-order valence-electron chi connectivity index (χ4n) is 0.875. The lowest BCUT2D eigenvalue weighted by Gasteiger charge is -1.93. The van der Waals surface area contributed by atoms with E-state index in [0.717, 1.165) is 9.65 Å². The van der Waals surface area contributed by atoms with Crippen LogP contribution in [0.2, 0.25) is 0 Å². The third-order valence-corrected chi connectivity index (χ3v) is 2.97. The van der Waals surface area contributed by atoms with Crippen molar-refractivity contribution < 1.29 is 0 Å². The molecule has 2 atom stereocenters. The van der Waals surface area contributed by atoms with Crippen molar-refractivity contribution in [3.8, 4) is 0 Å². The van der Waals surface area contributed by atoms with E-state index in [1.807, 2.05) is 0 Å². The molecule has 1 fully saturated rings. The Balaban J connectivity index is 2.26. The Morgan fingerprint density at radius 1 is 1.00 bits per heavy atom. The summed E-state index contributed by atoms with van der Waals surface area (Å²) in [5, 5.41) is 0. The number of halogens is 2. The number of rotatable bonds is 0. The quantitative estimate of drug-likeness (QED) is 0.559. The average Bonchev–Trinajstić information content (AvgIpc) is 1.87. The number of hydrogen-bond acceptors (Lipinski definition) is 0. The van der Waals surface area contributed by atoms with Crippen molar-refractivity contribution in [3.63, 3.8) is 0 Å². The first kappa shape index (κ1) is 6.09. The topological polar surface area (TPSA) is 0 Å². The molecule has 1 aliphatic rings. The van der Waals surface area contributed by atoms with Crippen LogP contribution in [0.15, 0.2) is 0 Å². The molecule has 2 unspecified atom stereocenters. The van der Waals surface area contributed by atoms with E-state index in [-0.39, 0.29) is 0 Å². The molecule has 0 radical (unpaired) electrons. The van der Waals surface area contributed by atoms with Crippen molar-refractivity contribution in [2.75, 3.05) is 0 Å². The van der Waals surface area contributed by atoms with Gasteiger partial charge in [0.1, 0.15) is 0 Å². The SMILES string of the molecule is BrC1CCC(Br)C1. The molecule has 1 saturated carbocycles. The molecule has 0 aromatic heterocycles. The van der Waals surface area contributed by atoms with Gasteiger partial charge in [-0.2, -0.15) is 0 Å². The summed E-state index contributed by atoms with van der Waals surface area (Å²) in [6, 6.07) is 0. The maximum absolute atomic E-state index is 3.55. The molecule has 7 heavy (non-hydrogen) atoms. The van der Waals surface area contributed by atoms with Crippen molar-refractivity contribution in [2.24, 2.45) is 0 Å². The highest BCUT2D eigenvalue weighted by Gasteiger charge is 2.18. The van der Waals surface area contributed by atoms with Gasteiger partial charge in [-0.1, -0.05) is 31.9 Å². The normalized spacial score (nSPS) is 42.0. The maximum Gasteiger partial charge on any atom is 0.0156 e. The second-order valence-corrected chi connectivity index (χ2v) is 4.60. The van der Waals surface area contributed by atoms with E-state index >= 15 is 0 Å². The number of alkyl halides is 2. The fourth-order valence-corrected chi connectivity index (χ4v) is 2.81. The predicted octanol–water partition coefficient (Wildman–Crippen LogP) is 2.70. The monoisotopic (exact) mass is 226 g/mol. The molecule has 1 aliphatic carbocycles. The Hall–Kier alpha value is 0.960. The maximum atomic E-state index is 3.55.